The third-order valence-electron chi connectivity index (χ3n) is 2.46. The highest BCUT2D eigenvalue weighted by molar-refractivity contribution is 7.71. The van der Waals surface area contributed by atoms with Crippen LogP contribution in [0.4, 0.5) is 8.78 Å². The molecule has 0 aliphatic heterocycles. The summed E-state index contributed by atoms with van der Waals surface area (Å²) in [5.74, 6) is -0.768. The molecule has 6 heteroatoms. The summed E-state index contributed by atoms with van der Waals surface area (Å²) >= 11 is 5.02. The van der Waals surface area contributed by atoms with E-state index in [2.05, 4.69) is 9.97 Å². The zero-order valence-electron chi connectivity index (χ0n) is 10.2. The minimum Gasteiger partial charge on any atom is -0.374 e. The van der Waals surface area contributed by atoms with Crippen LogP contribution in [0.5, 0.6) is 0 Å². The van der Waals surface area contributed by atoms with Crippen molar-refractivity contribution in [1.29, 1.82) is 0 Å². The quantitative estimate of drug-likeness (QED) is 0.870. The standard InChI is InChI=1S/C13H12F2N2OS/c1-2-18-7-12-16-11(6-13(19)17-12)9-4-3-8(14)5-10(9)15/h3-6H,2,7H2,1H3,(H,16,17,19). The molecule has 0 aliphatic carbocycles. The minimum atomic E-state index is -0.654. The second-order valence-electron chi connectivity index (χ2n) is 3.84. The lowest BCUT2D eigenvalue weighted by atomic mass is 10.1. The van der Waals surface area contributed by atoms with Gasteiger partial charge in [-0.3, -0.25) is 0 Å². The first kappa shape index (κ1) is 13.8. The third-order valence-corrected chi connectivity index (χ3v) is 2.67. The Morgan fingerprint density at radius 3 is 2.79 bits per heavy atom. The summed E-state index contributed by atoms with van der Waals surface area (Å²) in [5.41, 5.74) is 0.694. The molecule has 19 heavy (non-hydrogen) atoms. The molecule has 1 N–H and O–H groups in total. The van der Waals surface area contributed by atoms with E-state index < -0.39 is 11.6 Å². The molecule has 0 atom stereocenters. The van der Waals surface area contributed by atoms with Crippen LogP contribution in [0.1, 0.15) is 12.7 Å². The summed E-state index contributed by atoms with van der Waals surface area (Å²) in [7, 11) is 0. The molecule has 0 saturated heterocycles. The fourth-order valence-electron chi connectivity index (χ4n) is 1.63. The molecule has 100 valence electrons. The van der Waals surface area contributed by atoms with Crippen molar-refractivity contribution in [3.63, 3.8) is 0 Å². The van der Waals surface area contributed by atoms with Gasteiger partial charge in [0.15, 0.2) is 0 Å². The Morgan fingerprint density at radius 1 is 1.32 bits per heavy atom. The van der Waals surface area contributed by atoms with E-state index in [1.165, 1.54) is 18.2 Å². The molecule has 0 spiro atoms. The van der Waals surface area contributed by atoms with Crippen LogP contribution < -0.4 is 0 Å². The highest BCUT2D eigenvalue weighted by Gasteiger charge is 2.08. The molecule has 1 heterocycles. The number of aromatic nitrogens is 2. The molecule has 0 saturated carbocycles. The van der Waals surface area contributed by atoms with Gasteiger partial charge >= 0.3 is 0 Å². The number of hydrogen-bond acceptors (Lipinski definition) is 3. The average molecular weight is 282 g/mol. The van der Waals surface area contributed by atoms with E-state index in [0.29, 0.717) is 22.8 Å². The van der Waals surface area contributed by atoms with Crippen molar-refractivity contribution in [3.05, 3.63) is 46.4 Å². The van der Waals surface area contributed by atoms with Gasteiger partial charge < -0.3 is 9.72 Å². The summed E-state index contributed by atoms with van der Waals surface area (Å²) in [4.78, 5) is 7.01. The van der Waals surface area contributed by atoms with Crippen LogP contribution in [-0.4, -0.2) is 16.6 Å². The van der Waals surface area contributed by atoms with E-state index in [4.69, 9.17) is 17.0 Å². The minimum absolute atomic E-state index is 0.243. The van der Waals surface area contributed by atoms with Crippen LogP contribution in [0.15, 0.2) is 24.3 Å². The number of halogens is 2. The van der Waals surface area contributed by atoms with Gasteiger partial charge in [-0.2, -0.15) is 0 Å². The molecule has 1 aromatic heterocycles. The molecule has 0 bridgehead atoms. The van der Waals surface area contributed by atoms with Gasteiger partial charge in [-0.25, -0.2) is 13.8 Å². The Balaban J connectivity index is 2.44. The SMILES string of the molecule is CCOCc1nc(=S)cc(-c2ccc(F)cc2F)[nH]1. The first-order chi connectivity index (χ1) is 9.10. The number of nitrogens with one attached hydrogen (secondary N) is 1. The predicted molar refractivity (Wildman–Crippen MR) is 70.1 cm³/mol. The van der Waals surface area contributed by atoms with Gasteiger partial charge in [0.2, 0.25) is 0 Å². The Bertz CT molecular complexity index is 643. The molecular weight excluding hydrogens is 270 g/mol. The normalized spacial score (nSPS) is 10.7. The van der Waals surface area contributed by atoms with Gasteiger partial charge in [0.25, 0.3) is 0 Å². The van der Waals surface area contributed by atoms with Crippen molar-refractivity contribution < 1.29 is 13.5 Å². The van der Waals surface area contributed by atoms with E-state index in [-0.39, 0.29) is 12.2 Å². The molecule has 1 aromatic carbocycles. The number of ether oxygens (including phenoxy) is 1. The number of rotatable bonds is 4. The predicted octanol–water partition coefficient (Wildman–Crippen LogP) is 3.62. The van der Waals surface area contributed by atoms with Crippen molar-refractivity contribution >= 4 is 12.2 Å². The Labute approximate surface area is 114 Å². The highest BCUT2D eigenvalue weighted by atomic mass is 32.1. The first-order valence-electron chi connectivity index (χ1n) is 5.73. The fourth-order valence-corrected chi connectivity index (χ4v) is 1.86. The maximum atomic E-state index is 13.7. The summed E-state index contributed by atoms with van der Waals surface area (Å²) in [6, 6.07) is 4.91. The van der Waals surface area contributed by atoms with Gasteiger partial charge in [0.1, 0.15) is 28.7 Å². The maximum absolute atomic E-state index is 13.7. The van der Waals surface area contributed by atoms with E-state index in [1.54, 1.807) is 0 Å². The zero-order valence-corrected chi connectivity index (χ0v) is 11.1. The van der Waals surface area contributed by atoms with E-state index in [0.717, 1.165) is 6.07 Å². The van der Waals surface area contributed by atoms with Crippen molar-refractivity contribution in [3.8, 4) is 11.3 Å². The lowest BCUT2D eigenvalue weighted by molar-refractivity contribution is 0.128. The van der Waals surface area contributed by atoms with Crippen LogP contribution in [0, 0.1) is 16.3 Å². The smallest absolute Gasteiger partial charge is 0.135 e. The van der Waals surface area contributed by atoms with Gasteiger partial charge in [-0.05, 0) is 25.1 Å². The Hall–Kier alpha value is -1.66. The van der Waals surface area contributed by atoms with Crippen LogP contribution >= 0.6 is 12.2 Å². The summed E-state index contributed by atoms with van der Waals surface area (Å²) in [5, 5.41) is 0. The second-order valence-corrected chi connectivity index (χ2v) is 4.26. The zero-order chi connectivity index (χ0) is 13.8. The van der Waals surface area contributed by atoms with E-state index >= 15 is 0 Å². The summed E-state index contributed by atoms with van der Waals surface area (Å²) in [6.07, 6.45) is 0. The molecule has 0 radical (unpaired) electrons. The van der Waals surface area contributed by atoms with E-state index in [9.17, 15) is 8.78 Å². The van der Waals surface area contributed by atoms with Gasteiger partial charge in [0, 0.05) is 18.2 Å². The first-order valence-corrected chi connectivity index (χ1v) is 6.14. The lowest BCUT2D eigenvalue weighted by Crippen LogP contribution is -2.01. The third kappa shape index (κ3) is 3.42. The van der Waals surface area contributed by atoms with E-state index in [1.807, 2.05) is 6.92 Å². The molecule has 0 fully saturated rings. The second kappa shape index (κ2) is 5.99. The summed E-state index contributed by atoms with van der Waals surface area (Å²) < 4.78 is 32.1. The molecule has 3 nitrogen and oxygen atoms in total. The van der Waals surface area contributed by atoms with Gasteiger partial charge in [-0.15, -0.1) is 0 Å². The number of aromatic amines is 1. The number of H-pyrrole nitrogens is 1. The summed E-state index contributed by atoms with van der Waals surface area (Å²) in [6.45, 7) is 2.66. The number of benzene rings is 1. The topological polar surface area (TPSA) is 37.9 Å². The fraction of sp³-hybridized carbons (Fsp3) is 0.231. The van der Waals surface area contributed by atoms with Crippen molar-refractivity contribution in [1.82, 2.24) is 9.97 Å². The molecule has 0 amide bonds. The monoisotopic (exact) mass is 282 g/mol. The molecule has 2 aromatic rings. The lowest BCUT2D eigenvalue weighted by Gasteiger charge is -2.07. The van der Waals surface area contributed by atoms with Crippen LogP contribution in [0.2, 0.25) is 0 Å². The maximum Gasteiger partial charge on any atom is 0.135 e. The Morgan fingerprint density at radius 2 is 2.11 bits per heavy atom. The Kier molecular flexibility index (Phi) is 4.34. The van der Waals surface area contributed by atoms with Gasteiger partial charge in [-0.1, -0.05) is 12.2 Å². The molecule has 0 unspecified atom stereocenters. The largest absolute Gasteiger partial charge is 0.374 e. The van der Waals surface area contributed by atoms with Crippen LogP contribution in [-0.2, 0) is 11.3 Å². The molecule has 0 aliphatic rings. The average Bonchev–Trinajstić information content (AvgIpc) is 2.35. The van der Waals surface area contributed by atoms with Crippen molar-refractivity contribution in [2.45, 2.75) is 13.5 Å². The van der Waals surface area contributed by atoms with Gasteiger partial charge in [0.05, 0.1) is 5.69 Å². The van der Waals surface area contributed by atoms with Crippen molar-refractivity contribution in [2.75, 3.05) is 6.61 Å². The highest BCUT2D eigenvalue weighted by Crippen LogP contribution is 2.21. The van der Waals surface area contributed by atoms with Crippen LogP contribution in [0.3, 0.4) is 0 Å². The molecule has 2 rings (SSSR count). The van der Waals surface area contributed by atoms with Crippen molar-refractivity contribution in [2.24, 2.45) is 0 Å². The number of hydrogen-bond donors (Lipinski definition) is 1. The molecular formula is C13H12F2N2OS. The van der Waals surface area contributed by atoms with Crippen LogP contribution in [0.25, 0.3) is 11.3 Å². The number of nitrogens with zero attached hydrogens (tertiary/aromatic N) is 1.